The summed E-state index contributed by atoms with van der Waals surface area (Å²) in [6.07, 6.45) is 1.72. The summed E-state index contributed by atoms with van der Waals surface area (Å²) < 4.78 is 5.36. The third-order valence-corrected chi connectivity index (χ3v) is 3.03. The predicted molar refractivity (Wildman–Crippen MR) is 68.4 cm³/mol. The van der Waals surface area contributed by atoms with Crippen LogP contribution in [-0.2, 0) is 4.79 Å². The molecule has 0 spiro atoms. The van der Waals surface area contributed by atoms with Crippen LogP contribution in [0.15, 0.2) is 24.3 Å². The van der Waals surface area contributed by atoms with Gasteiger partial charge in [0.25, 0.3) is 5.91 Å². The van der Waals surface area contributed by atoms with Crippen molar-refractivity contribution in [3.05, 3.63) is 29.8 Å². The zero-order valence-electron chi connectivity index (χ0n) is 10.6. The molecule has 1 amide bonds. The Balaban J connectivity index is 1.67. The summed E-state index contributed by atoms with van der Waals surface area (Å²) in [7, 11) is 0. The first kappa shape index (κ1) is 12.9. The molecule has 2 N–H and O–H groups in total. The molecule has 4 heteroatoms. The largest absolute Gasteiger partial charge is 0.484 e. The molecular formula is C14H19NO3. The molecule has 98 valence electrons. The number of amides is 1. The maximum absolute atomic E-state index is 11.5. The molecule has 2 rings (SSSR count). The number of hydrogen-bond donors (Lipinski definition) is 2. The Kier molecular flexibility index (Phi) is 4.20. The Labute approximate surface area is 107 Å². The van der Waals surface area contributed by atoms with Gasteiger partial charge in [-0.2, -0.15) is 0 Å². The number of nitrogens with one attached hydrogen (secondary N) is 1. The van der Waals surface area contributed by atoms with Crippen molar-refractivity contribution in [2.24, 2.45) is 5.92 Å². The minimum atomic E-state index is -0.409. The first-order valence-electron chi connectivity index (χ1n) is 6.29. The van der Waals surface area contributed by atoms with Gasteiger partial charge in [-0.1, -0.05) is 12.1 Å². The topological polar surface area (TPSA) is 58.6 Å². The average Bonchev–Trinajstić information content (AvgIpc) is 3.17. The second-order valence-corrected chi connectivity index (χ2v) is 4.81. The van der Waals surface area contributed by atoms with E-state index in [0.717, 1.165) is 18.4 Å². The Bertz CT molecular complexity index is 415. The van der Waals surface area contributed by atoms with Gasteiger partial charge in [0.2, 0.25) is 0 Å². The van der Waals surface area contributed by atoms with E-state index in [2.05, 4.69) is 5.32 Å². The van der Waals surface area contributed by atoms with Gasteiger partial charge in [-0.05, 0) is 43.4 Å². The number of carbonyl (C=O) groups excluding carboxylic acids is 1. The summed E-state index contributed by atoms with van der Waals surface area (Å²) in [5.74, 6) is 0.868. The zero-order valence-corrected chi connectivity index (χ0v) is 10.6. The van der Waals surface area contributed by atoms with Crippen LogP contribution in [0.2, 0.25) is 0 Å². The van der Waals surface area contributed by atoms with Crippen LogP contribution in [-0.4, -0.2) is 30.3 Å². The quantitative estimate of drug-likeness (QED) is 0.798. The lowest BCUT2D eigenvalue weighted by molar-refractivity contribution is -0.123. The zero-order chi connectivity index (χ0) is 13.0. The molecule has 0 radical (unpaired) electrons. The molecule has 0 aromatic heterocycles. The molecule has 4 nitrogen and oxygen atoms in total. The number of benzene rings is 1. The molecule has 1 aromatic carbocycles. The van der Waals surface area contributed by atoms with E-state index in [1.54, 1.807) is 0 Å². The van der Waals surface area contributed by atoms with Gasteiger partial charge in [0.05, 0.1) is 6.10 Å². The van der Waals surface area contributed by atoms with Crippen LogP contribution in [0.1, 0.15) is 18.4 Å². The van der Waals surface area contributed by atoms with Crippen LogP contribution in [0.5, 0.6) is 5.75 Å². The van der Waals surface area contributed by atoms with Crippen LogP contribution < -0.4 is 10.1 Å². The molecule has 1 aliphatic rings. The lowest BCUT2D eigenvalue weighted by Crippen LogP contribution is -2.36. The van der Waals surface area contributed by atoms with E-state index in [1.807, 2.05) is 31.2 Å². The number of hydrogen-bond acceptors (Lipinski definition) is 3. The highest BCUT2D eigenvalue weighted by molar-refractivity contribution is 5.77. The summed E-state index contributed by atoms with van der Waals surface area (Å²) >= 11 is 0. The summed E-state index contributed by atoms with van der Waals surface area (Å²) in [4.78, 5) is 11.5. The molecule has 1 aliphatic carbocycles. The fourth-order valence-electron chi connectivity index (χ4n) is 1.77. The Morgan fingerprint density at radius 1 is 1.56 bits per heavy atom. The van der Waals surface area contributed by atoms with Gasteiger partial charge in [0, 0.05) is 6.54 Å². The molecule has 0 bridgehead atoms. The Hall–Kier alpha value is -1.55. The van der Waals surface area contributed by atoms with Gasteiger partial charge < -0.3 is 15.2 Å². The maximum Gasteiger partial charge on any atom is 0.258 e. The molecule has 1 saturated carbocycles. The molecule has 0 aliphatic heterocycles. The normalized spacial score (nSPS) is 16.1. The lowest BCUT2D eigenvalue weighted by Gasteiger charge is -2.11. The maximum atomic E-state index is 11.5. The number of ether oxygens (including phenoxy) is 1. The molecule has 1 unspecified atom stereocenters. The smallest absolute Gasteiger partial charge is 0.258 e. The van der Waals surface area contributed by atoms with Crippen molar-refractivity contribution in [3.8, 4) is 5.75 Å². The minimum absolute atomic E-state index is 0.0131. The highest BCUT2D eigenvalue weighted by atomic mass is 16.5. The van der Waals surface area contributed by atoms with Crippen LogP contribution in [0.3, 0.4) is 0 Å². The van der Waals surface area contributed by atoms with E-state index in [0.29, 0.717) is 18.2 Å². The first-order valence-corrected chi connectivity index (χ1v) is 6.29. The molecule has 18 heavy (non-hydrogen) atoms. The summed E-state index contributed by atoms with van der Waals surface area (Å²) in [6, 6.07) is 7.56. The van der Waals surface area contributed by atoms with Crippen LogP contribution in [0, 0.1) is 12.8 Å². The second-order valence-electron chi connectivity index (χ2n) is 4.81. The molecular weight excluding hydrogens is 230 g/mol. The van der Waals surface area contributed by atoms with Crippen LogP contribution in [0.25, 0.3) is 0 Å². The second kappa shape index (κ2) is 5.87. The van der Waals surface area contributed by atoms with Crippen molar-refractivity contribution >= 4 is 5.91 Å². The Morgan fingerprint density at radius 2 is 2.33 bits per heavy atom. The van der Waals surface area contributed by atoms with Crippen LogP contribution >= 0.6 is 0 Å². The van der Waals surface area contributed by atoms with Gasteiger partial charge >= 0.3 is 0 Å². The highest BCUT2D eigenvalue weighted by Gasteiger charge is 2.29. The number of aryl methyl sites for hydroxylation is 1. The highest BCUT2D eigenvalue weighted by Crippen LogP contribution is 2.32. The van der Waals surface area contributed by atoms with Crippen molar-refractivity contribution in [1.29, 1.82) is 0 Å². The van der Waals surface area contributed by atoms with Crippen LogP contribution in [0.4, 0.5) is 0 Å². The molecule has 1 atom stereocenters. The fraction of sp³-hybridized carbons (Fsp3) is 0.500. The standard InChI is InChI=1S/C14H19NO3/c1-10-3-2-4-12(7-10)18-9-14(17)15-8-13(16)11-5-6-11/h2-4,7,11,13,16H,5-6,8-9H2,1H3,(H,15,17). The fourth-order valence-corrected chi connectivity index (χ4v) is 1.77. The van der Waals surface area contributed by atoms with E-state index in [4.69, 9.17) is 4.74 Å². The van der Waals surface area contributed by atoms with Gasteiger partial charge in [-0.15, -0.1) is 0 Å². The van der Waals surface area contributed by atoms with Crippen molar-refractivity contribution in [2.75, 3.05) is 13.2 Å². The molecule has 0 heterocycles. The summed E-state index contributed by atoms with van der Waals surface area (Å²) in [5.41, 5.74) is 1.09. The lowest BCUT2D eigenvalue weighted by atomic mass is 10.2. The average molecular weight is 249 g/mol. The molecule has 0 saturated heterocycles. The van der Waals surface area contributed by atoms with E-state index in [1.165, 1.54) is 0 Å². The third-order valence-electron chi connectivity index (χ3n) is 3.03. The van der Waals surface area contributed by atoms with Gasteiger partial charge in [-0.3, -0.25) is 4.79 Å². The van der Waals surface area contributed by atoms with E-state index in [9.17, 15) is 9.90 Å². The van der Waals surface area contributed by atoms with Crippen molar-refractivity contribution in [1.82, 2.24) is 5.32 Å². The first-order chi connectivity index (χ1) is 8.65. The number of carbonyl (C=O) groups is 1. The molecule has 1 aromatic rings. The van der Waals surface area contributed by atoms with Gasteiger partial charge in [0.15, 0.2) is 6.61 Å². The number of rotatable bonds is 6. The summed E-state index contributed by atoms with van der Waals surface area (Å²) in [5, 5.41) is 12.3. The van der Waals surface area contributed by atoms with E-state index in [-0.39, 0.29) is 12.5 Å². The van der Waals surface area contributed by atoms with E-state index >= 15 is 0 Å². The van der Waals surface area contributed by atoms with Crippen molar-refractivity contribution < 1.29 is 14.6 Å². The number of aliphatic hydroxyl groups is 1. The monoisotopic (exact) mass is 249 g/mol. The SMILES string of the molecule is Cc1cccc(OCC(=O)NCC(O)C2CC2)c1. The van der Waals surface area contributed by atoms with Gasteiger partial charge in [0.1, 0.15) is 5.75 Å². The molecule has 1 fully saturated rings. The Morgan fingerprint density at radius 3 is 3.00 bits per heavy atom. The third kappa shape index (κ3) is 4.04. The van der Waals surface area contributed by atoms with Crippen molar-refractivity contribution in [3.63, 3.8) is 0 Å². The summed E-state index contributed by atoms with van der Waals surface area (Å²) in [6.45, 7) is 2.28. The van der Waals surface area contributed by atoms with E-state index < -0.39 is 6.10 Å². The van der Waals surface area contributed by atoms with Gasteiger partial charge in [-0.25, -0.2) is 0 Å². The van der Waals surface area contributed by atoms with Crippen molar-refractivity contribution in [2.45, 2.75) is 25.9 Å². The predicted octanol–water partition coefficient (Wildman–Crippen LogP) is 1.26. The number of aliphatic hydroxyl groups excluding tert-OH is 1. The minimum Gasteiger partial charge on any atom is -0.484 e.